The number of carboxylic acid groups (broad SMARTS) is 1. The fraction of sp³-hybridized carbons (Fsp3) is 0.389. The minimum atomic E-state index is -1.12. The van der Waals surface area contributed by atoms with Gasteiger partial charge in [-0.25, -0.2) is 4.79 Å². The number of rotatable bonds is 5. The number of ether oxygens (including phenoxy) is 1. The zero-order valence-electron chi connectivity index (χ0n) is 14.0. The second-order valence-electron chi connectivity index (χ2n) is 5.71. The molecule has 0 spiro atoms. The Morgan fingerprint density at radius 3 is 2.54 bits per heavy atom. The van der Waals surface area contributed by atoms with Crippen molar-refractivity contribution in [3.05, 3.63) is 46.7 Å². The Hall–Kier alpha value is -2.63. The molecule has 6 heteroatoms. The minimum Gasteiger partial charge on any atom is -0.480 e. The van der Waals surface area contributed by atoms with E-state index in [1.54, 1.807) is 13.8 Å². The molecule has 1 unspecified atom stereocenters. The molecule has 2 rings (SSSR count). The fourth-order valence-electron chi connectivity index (χ4n) is 3.06. The van der Waals surface area contributed by atoms with Gasteiger partial charge in [0.15, 0.2) is 0 Å². The van der Waals surface area contributed by atoms with Crippen LogP contribution in [-0.4, -0.2) is 41.0 Å². The van der Waals surface area contributed by atoms with Crippen molar-refractivity contribution in [1.82, 2.24) is 4.90 Å². The average molecular weight is 331 g/mol. The largest absolute Gasteiger partial charge is 0.480 e. The molecule has 0 saturated heterocycles. The zero-order valence-corrected chi connectivity index (χ0v) is 14.0. The summed E-state index contributed by atoms with van der Waals surface area (Å²) in [5, 5.41) is 9.02. The van der Waals surface area contributed by atoms with Crippen molar-refractivity contribution < 1.29 is 24.2 Å². The van der Waals surface area contributed by atoms with Gasteiger partial charge in [-0.2, -0.15) is 0 Å². The lowest BCUT2D eigenvalue weighted by Gasteiger charge is -2.34. The molecule has 1 atom stereocenters. The SMILES string of the molecule is CCOC(=O)C1=C(C)N(CC(=O)O)C(=O)CC1c1ccccc1C. The Morgan fingerprint density at radius 1 is 1.29 bits per heavy atom. The summed E-state index contributed by atoms with van der Waals surface area (Å²) in [6.45, 7) is 4.97. The number of carbonyl (C=O) groups excluding carboxylic acids is 2. The lowest BCUT2D eigenvalue weighted by atomic mass is 9.82. The third kappa shape index (κ3) is 3.48. The van der Waals surface area contributed by atoms with Crippen molar-refractivity contribution >= 4 is 17.8 Å². The summed E-state index contributed by atoms with van der Waals surface area (Å²) in [7, 11) is 0. The molecule has 1 N–H and O–H groups in total. The predicted octanol–water partition coefficient (Wildman–Crippen LogP) is 2.23. The minimum absolute atomic E-state index is 0.0453. The molecular weight excluding hydrogens is 310 g/mol. The van der Waals surface area contributed by atoms with E-state index in [-0.39, 0.29) is 18.9 Å². The third-order valence-corrected chi connectivity index (χ3v) is 4.18. The maximum absolute atomic E-state index is 12.5. The molecule has 1 amide bonds. The summed E-state index contributed by atoms with van der Waals surface area (Å²) in [6.07, 6.45) is 0.0453. The number of esters is 1. The number of hydrogen-bond donors (Lipinski definition) is 1. The van der Waals surface area contributed by atoms with Crippen molar-refractivity contribution in [2.75, 3.05) is 13.2 Å². The van der Waals surface area contributed by atoms with Crippen molar-refractivity contribution in [2.24, 2.45) is 0 Å². The van der Waals surface area contributed by atoms with Crippen molar-refractivity contribution in [3.63, 3.8) is 0 Å². The Kier molecular flexibility index (Phi) is 5.39. The van der Waals surface area contributed by atoms with Gasteiger partial charge in [-0.15, -0.1) is 0 Å². The van der Waals surface area contributed by atoms with Gasteiger partial charge in [0.2, 0.25) is 5.91 Å². The molecule has 0 fully saturated rings. The van der Waals surface area contributed by atoms with Crippen LogP contribution in [0.4, 0.5) is 0 Å². The molecule has 0 saturated carbocycles. The van der Waals surface area contributed by atoms with E-state index >= 15 is 0 Å². The van der Waals surface area contributed by atoms with E-state index in [1.807, 2.05) is 31.2 Å². The topological polar surface area (TPSA) is 83.9 Å². The van der Waals surface area contributed by atoms with Crippen LogP contribution in [0, 0.1) is 6.92 Å². The summed E-state index contributed by atoms with van der Waals surface area (Å²) >= 11 is 0. The number of allylic oxidation sites excluding steroid dienone is 1. The van der Waals surface area contributed by atoms with Gasteiger partial charge in [0.1, 0.15) is 6.54 Å². The van der Waals surface area contributed by atoms with Crippen molar-refractivity contribution in [1.29, 1.82) is 0 Å². The molecule has 1 heterocycles. The van der Waals surface area contributed by atoms with E-state index in [0.29, 0.717) is 11.3 Å². The first-order valence-electron chi connectivity index (χ1n) is 7.82. The van der Waals surface area contributed by atoms with Crippen LogP contribution in [0.25, 0.3) is 0 Å². The first-order valence-corrected chi connectivity index (χ1v) is 7.82. The van der Waals surface area contributed by atoms with Gasteiger partial charge < -0.3 is 14.7 Å². The van der Waals surface area contributed by atoms with Crippen molar-refractivity contribution in [2.45, 2.75) is 33.1 Å². The Bertz CT molecular complexity index is 707. The average Bonchev–Trinajstić information content (AvgIpc) is 2.51. The van der Waals surface area contributed by atoms with Gasteiger partial charge in [-0.1, -0.05) is 24.3 Å². The van der Waals surface area contributed by atoms with Gasteiger partial charge in [0, 0.05) is 18.0 Å². The van der Waals surface area contributed by atoms with E-state index in [1.165, 1.54) is 0 Å². The third-order valence-electron chi connectivity index (χ3n) is 4.18. The molecular formula is C18H21NO5. The normalized spacial score (nSPS) is 17.9. The summed E-state index contributed by atoms with van der Waals surface area (Å²) in [5.74, 6) is -2.37. The van der Waals surface area contributed by atoms with Crippen molar-refractivity contribution in [3.8, 4) is 0 Å². The molecule has 1 aliphatic rings. The summed E-state index contributed by atoms with van der Waals surface area (Å²) in [4.78, 5) is 37.1. The standard InChI is InChI=1S/C18H21NO5/c1-4-24-18(23)17-12(3)19(10-16(21)22)15(20)9-14(17)13-8-6-5-7-11(13)2/h5-8,14H,4,9-10H2,1-3H3,(H,21,22). The number of aryl methyl sites for hydroxylation is 1. The highest BCUT2D eigenvalue weighted by Crippen LogP contribution is 2.38. The second kappa shape index (κ2) is 7.29. The summed E-state index contributed by atoms with van der Waals surface area (Å²) < 4.78 is 5.15. The number of amides is 1. The van der Waals surface area contributed by atoms with Gasteiger partial charge in [0.05, 0.1) is 12.2 Å². The van der Waals surface area contributed by atoms with Crippen LogP contribution in [0.15, 0.2) is 35.5 Å². The van der Waals surface area contributed by atoms with Crippen LogP contribution >= 0.6 is 0 Å². The Morgan fingerprint density at radius 2 is 1.96 bits per heavy atom. The van der Waals surface area contributed by atoms with Gasteiger partial charge in [-0.3, -0.25) is 9.59 Å². The van der Waals surface area contributed by atoms with Crippen LogP contribution in [0.3, 0.4) is 0 Å². The predicted molar refractivity (Wildman–Crippen MR) is 87.2 cm³/mol. The maximum atomic E-state index is 12.5. The van der Waals surface area contributed by atoms with E-state index in [4.69, 9.17) is 9.84 Å². The number of nitrogens with zero attached hydrogens (tertiary/aromatic N) is 1. The summed E-state index contributed by atoms with van der Waals surface area (Å²) in [6, 6.07) is 7.55. The first kappa shape index (κ1) is 17.7. The molecule has 128 valence electrons. The highest BCUT2D eigenvalue weighted by atomic mass is 16.5. The first-order chi connectivity index (χ1) is 11.4. The molecule has 0 aliphatic carbocycles. The lowest BCUT2D eigenvalue weighted by Crippen LogP contribution is -2.41. The number of aliphatic carboxylic acids is 1. The summed E-state index contributed by atoms with van der Waals surface area (Å²) in [5.41, 5.74) is 2.55. The highest BCUT2D eigenvalue weighted by molar-refractivity contribution is 5.96. The molecule has 1 aromatic rings. The second-order valence-corrected chi connectivity index (χ2v) is 5.71. The lowest BCUT2D eigenvalue weighted by molar-refractivity contribution is -0.145. The number of hydrogen-bond acceptors (Lipinski definition) is 4. The smallest absolute Gasteiger partial charge is 0.336 e. The Labute approximate surface area is 140 Å². The van der Waals surface area contributed by atoms with E-state index in [2.05, 4.69) is 0 Å². The monoisotopic (exact) mass is 331 g/mol. The van der Waals surface area contributed by atoms with Gasteiger partial charge >= 0.3 is 11.9 Å². The van der Waals surface area contributed by atoms with Gasteiger partial charge in [-0.05, 0) is 31.9 Å². The number of carbonyl (C=O) groups is 3. The number of carboxylic acids is 1. The van der Waals surface area contributed by atoms with Crippen LogP contribution in [0.2, 0.25) is 0 Å². The highest BCUT2D eigenvalue weighted by Gasteiger charge is 2.37. The van der Waals surface area contributed by atoms with E-state index in [0.717, 1.165) is 16.0 Å². The molecule has 24 heavy (non-hydrogen) atoms. The molecule has 6 nitrogen and oxygen atoms in total. The fourth-order valence-corrected chi connectivity index (χ4v) is 3.06. The van der Waals surface area contributed by atoms with Crippen LogP contribution in [-0.2, 0) is 19.1 Å². The molecule has 0 radical (unpaired) electrons. The molecule has 1 aliphatic heterocycles. The molecule has 0 bridgehead atoms. The Balaban J connectivity index is 2.56. The molecule has 0 aromatic heterocycles. The van der Waals surface area contributed by atoms with Crippen LogP contribution in [0.5, 0.6) is 0 Å². The number of benzene rings is 1. The zero-order chi connectivity index (χ0) is 17.9. The van der Waals surface area contributed by atoms with Crippen LogP contribution < -0.4 is 0 Å². The van der Waals surface area contributed by atoms with Crippen LogP contribution in [0.1, 0.15) is 37.3 Å². The quantitative estimate of drug-likeness (QED) is 0.837. The van der Waals surface area contributed by atoms with E-state index in [9.17, 15) is 14.4 Å². The molecule has 1 aromatic carbocycles. The van der Waals surface area contributed by atoms with Gasteiger partial charge in [0.25, 0.3) is 0 Å². The van der Waals surface area contributed by atoms with E-state index < -0.39 is 24.4 Å². The maximum Gasteiger partial charge on any atom is 0.336 e.